The van der Waals surface area contributed by atoms with Gasteiger partial charge in [0.05, 0.1) is 0 Å². The molecule has 1 aromatic carbocycles. The van der Waals surface area contributed by atoms with Crippen molar-refractivity contribution in [2.24, 2.45) is 11.5 Å². The normalized spacial score (nSPS) is 8.29. The highest BCUT2D eigenvalue weighted by Crippen LogP contribution is 2.07. The third kappa shape index (κ3) is 8.46. The topological polar surface area (TPSA) is 69.1 Å². The fourth-order valence-corrected chi connectivity index (χ4v) is 1.31. The number of carbonyl (C=O) groups is 1. The van der Waals surface area contributed by atoms with Crippen LogP contribution >= 0.6 is 0 Å². The largest absolute Gasteiger partial charge is 0.370 e. The van der Waals surface area contributed by atoms with Gasteiger partial charge in [0.2, 0.25) is 5.91 Å². The maximum atomic E-state index is 10.5. The Morgan fingerprint density at radius 3 is 1.88 bits per heavy atom. The van der Waals surface area contributed by atoms with Crippen molar-refractivity contribution in [1.29, 1.82) is 0 Å². The minimum Gasteiger partial charge on any atom is -0.370 e. The second-order valence-corrected chi connectivity index (χ2v) is 3.34. The molecule has 3 heteroatoms. The smallest absolute Gasteiger partial charge is 0.217 e. The summed E-state index contributed by atoms with van der Waals surface area (Å²) in [5, 5.41) is 0. The van der Waals surface area contributed by atoms with Crippen LogP contribution in [0.2, 0.25) is 0 Å². The third-order valence-corrected chi connectivity index (χ3v) is 2.15. The molecule has 0 spiro atoms. The lowest BCUT2D eigenvalue weighted by Crippen LogP contribution is -2.10. The van der Waals surface area contributed by atoms with E-state index in [0.29, 0.717) is 13.0 Å². The number of benzene rings is 1. The number of carbonyl (C=O) groups excluding carboxylic acids is 1. The van der Waals surface area contributed by atoms with Crippen molar-refractivity contribution in [3.63, 3.8) is 0 Å². The Morgan fingerprint density at radius 2 is 1.47 bits per heavy atom. The van der Waals surface area contributed by atoms with Crippen LogP contribution in [0.15, 0.2) is 24.3 Å². The van der Waals surface area contributed by atoms with Gasteiger partial charge in [-0.05, 0) is 24.0 Å². The molecule has 17 heavy (non-hydrogen) atoms. The zero-order valence-corrected chi connectivity index (χ0v) is 8.20. The van der Waals surface area contributed by atoms with Crippen LogP contribution < -0.4 is 11.5 Å². The first-order valence-electron chi connectivity index (χ1n) is 4.78. The Balaban J connectivity index is -0.000000653. The van der Waals surface area contributed by atoms with Crippen LogP contribution in [0.5, 0.6) is 0 Å². The van der Waals surface area contributed by atoms with E-state index in [-0.39, 0.29) is 28.2 Å². The predicted molar refractivity (Wildman–Crippen MR) is 76.7 cm³/mol. The number of aryl methyl sites for hydroxylation is 1. The van der Waals surface area contributed by atoms with Crippen LogP contribution in [0, 0.1) is 0 Å². The first kappa shape index (κ1) is 21.0. The maximum absolute atomic E-state index is 10.5. The number of hydrogen-bond donors (Lipinski definition) is 2. The molecule has 0 saturated heterocycles. The minimum absolute atomic E-state index is 0. The maximum Gasteiger partial charge on any atom is 0.217 e. The van der Waals surface area contributed by atoms with Gasteiger partial charge in [0.15, 0.2) is 0 Å². The average Bonchev–Trinajstić information content (AvgIpc) is 2.18. The molecule has 0 bridgehead atoms. The van der Waals surface area contributed by atoms with E-state index in [1.54, 1.807) is 0 Å². The molecule has 0 aliphatic heterocycles. The van der Waals surface area contributed by atoms with Gasteiger partial charge in [-0.15, -0.1) is 0 Å². The summed E-state index contributed by atoms with van der Waals surface area (Å²) in [5.41, 5.74) is 12.9. The molecule has 0 heterocycles. The van der Waals surface area contributed by atoms with E-state index in [1.165, 1.54) is 5.56 Å². The van der Waals surface area contributed by atoms with Gasteiger partial charge in [-0.3, -0.25) is 4.79 Å². The van der Waals surface area contributed by atoms with Gasteiger partial charge in [0, 0.05) is 13.0 Å². The molecular formula is C14H28N2O. The van der Waals surface area contributed by atoms with Crippen LogP contribution in [-0.4, -0.2) is 5.91 Å². The van der Waals surface area contributed by atoms with Gasteiger partial charge in [0.25, 0.3) is 0 Å². The highest BCUT2D eigenvalue weighted by atomic mass is 16.1. The van der Waals surface area contributed by atoms with Gasteiger partial charge in [-0.1, -0.05) is 46.5 Å². The van der Waals surface area contributed by atoms with Crippen LogP contribution in [0.3, 0.4) is 0 Å². The third-order valence-electron chi connectivity index (χ3n) is 2.15. The fraction of sp³-hybridized carbons (Fsp3) is 0.500. The van der Waals surface area contributed by atoms with E-state index in [2.05, 4.69) is 0 Å². The van der Waals surface area contributed by atoms with Crippen LogP contribution in [0.25, 0.3) is 0 Å². The van der Waals surface area contributed by atoms with Crippen molar-refractivity contribution >= 4 is 5.91 Å². The summed E-state index contributed by atoms with van der Waals surface area (Å²) in [7, 11) is 0. The van der Waals surface area contributed by atoms with Crippen molar-refractivity contribution in [3.05, 3.63) is 35.4 Å². The van der Waals surface area contributed by atoms with Crippen LogP contribution in [0.4, 0.5) is 0 Å². The predicted octanol–water partition coefficient (Wildman–Crippen LogP) is 2.86. The molecule has 0 atom stereocenters. The number of primary amides is 1. The summed E-state index contributed by atoms with van der Waals surface area (Å²) in [5.74, 6) is -0.233. The molecule has 1 aromatic rings. The lowest BCUT2D eigenvalue weighted by molar-refractivity contribution is -0.118. The van der Waals surface area contributed by atoms with Crippen molar-refractivity contribution < 1.29 is 4.79 Å². The summed E-state index contributed by atoms with van der Waals surface area (Å²) in [6.07, 6.45) is 2.17. The van der Waals surface area contributed by atoms with Gasteiger partial charge >= 0.3 is 0 Å². The molecule has 0 saturated carbocycles. The molecular weight excluding hydrogens is 212 g/mol. The molecule has 1 rings (SSSR count). The van der Waals surface area contributed by atoms with Crippen LogP contribution in [0.1, 0.15) is 46.2 Å². The highest BCUT2D eigenvalue weighted by molar-refractivity contribution is 5.73. The molecule has 100 valence electrons. The quantitative estimate of drug-likeness (QED) is 0.831. The molecule has 0 aliphatic carbocycles. The average molecular weight is 240 g/mol. The summed E-state index contributed by atoms with van der Waals surface area (Å²) in [4.78, 5) is 10.5. The Hall–Kier alpha value is -1.35. The summed E-state index contributed by atoms with van der Waals surface area (Å²) in [6.45, 7) is 0.571. The zero-order valence-electron chi connectivity index (χ0n) is 8.20. The van der Waals surface area contributed by atoms with E-state index in [9.17, 15) is 4.79 Å². The molecule has 0 aliphatic rings. The fourth-order valence-electron chi connectivity index (χ4n) is 1.31. The Morgan fingerprint density at radius 1 is 1.00 bits per heavy atom. The second-order valence-electron chi connectivity index (χ2n) is 3.34. The van der Waals surface area contributed by atoms with Gasteiger partial charge < -0.3 is 11.5 Å². The van der Waals surface area contributed by atoms with Crippen molar-refractivity contribution in [2.45, 2.75) is 48.1 Å². The Labute approximate surface area is 106 Å². The summed E-state index contributed by atoms with van der Waals surface area (Å²) < 4.78 is 0. The van der Waals surface area contributed by atoms with Crippen LogP contribution in [-0.2, 0) is 17.8 Å². The highest BCUT2D eigenvalue weighted by Gasteiger charge is 1.96. The lowest BCUT2D eigenvalue weighted by Gasteiger charge is -2.01. The standard InChI is InChI=1S/C11H16N2O.3CH4/c12-8-10-6-4-9(5-7-10)2-1-3-11(13)14;;;/h4-7H,1-3,8,12H2,(H2,13,14);3*1H4. The van der Waals surface area contributed by atoms with Gasteiger partial charge in [0.1, 0.15) is 0 Å². The first-order chi connectivity index (χ1) is 6.72. The molecule has 0 radical (unpaired) electrons. The number of nitrogens with two attached hydrogens (primary N) is 2. The SMILES string of the molecule is C.C.C.NCc1ccc(CCCC(N)=O)cc1. The number of hydrogen-bond acceptors (Lipinski definition) is 2. The van der Waals surface area contributed by atoms with E-state index < -0.39 is 0 Å². The van der Waals surface area contributed by atoms with Crippen molar-refractivity contribution in [1.82, 2.24) is 0 Å². The van der Waals surface area contributed by atoms with Crippen molar-refractivity contribution in [3.8, 4) is 0 Å². The Kier molecular flexibility index (Phi) is 13.8. The summed E-state index contributed by atoms with van der Waals surface area (Å²) >= 11 is 0. The molecule has 0 fully saturated rings. The van der Waals surface area contributed by atoms with E-state index in [1.807, 2.05) is 24.3 Å². The van der Waals surface area contributed by atoms with E-state index in [0.717, 1.165) is 18.4 Å². The zero-order chi connectivity index (χ0) is 10.4. The second kappa shape index (κ2) is 11.1. The molecule has 0 aromatic heterocycles. The van der Waals surface area contributed by atoms with E-state index in [4.69, 9.17) is 11.5 Å². The minimum atomic E-state index is -0.233. The lowest BCUT2D eigenvalue weighted by atomic mass is 10.1. The Bertz CT molecular complexity index is 294. The van der Waals surface area contributed by atoms with Gasteiger partial charge in [-0.25, -0.2) is 0 Å². The first-order valence-corrected chi connectivity index (χ1v) is 4.78. The molecule has 3 nitrogen and oxygen atoms in total. The molecule has 1 amide bonds. The molecule has 0 unspecified atom stereocenters. The summed E-state index contributed by atoms with van der Waals surface area (Å²) in [6, 6.07) is 8.12. The van der Waals surface area contributed by atoms with Crippen molar-refractivity contribution in [2.75, 3.05) is 0 Å². The molecule has 4 N–H and O–H groups in total. The van der Waals surface area contributed by atoms with Gasteiger partial charge in [-0.2, -0.15) is 0 Å². The number of rotatable bonds is 5. The monoisotopic (exact) mass is 240 g/mol. The van der Waals surface area contributed by atoms with E-state index >= 15 is 0 Å². The number of amides is 1.